The van der Waals surface area contributed by atoms with Gasteiger partial charge in [-0.25, -0.2) is 4.98 Å². The number of thiophene rings is 1. The number of nitrogens with one attached hydrogen (secondary N) is 1. The van der Waals surface area contributed by atoms with Gasteiger partial charge in [-0.3, -0.25) is 14.0 Å². The van der Waals surface area contributed by atoms with Gasteiger partial charge in [0, 0.05) is 18.0 Å². The molecule has 172 valence electrons. The number of hydrogen-bond acceptors (Lipinski definition) is 5. The van der Waals surface area contributed by atoms with Crippen LogP contribution >= 0.6 is 11.3 Å². The Balaban J connectivity index is 1.50. The number of fused-ring (bicyclic) bond motifs is 3. The van der Waals surface area contributed by atoms with E-state index in [0.29, 0.717) is 12.5 Å². The summed E-state index contributed by atoms with van der Waals surface area (Å²) in [6, 6.07) is 10.5. The Morgan fingerprint density at radius 2 is 1.88 bits per heavy atom. The highest BCUT2D eigenvalue weighted by atomic mass is 32.1. The van der Waals surface area contributed by atoms with Gasteiger partial charge in [-0.15, -0.1) is 11.3 Å². The predicted molar refractivity (Wildman–Crippen MR) is 136 cm³/mol. The number of aryl methyl sites for hydroxylation is 5. The molecule has 1 aromatic carbocycles. The summed E-state index contributed by atoms with van der Waals surface area (Å²) in [5.74, 6) is 0.627. The van der Waals surface area contributed by atoms with Gasteiger partial charge < -0.3 is 5.32 Å². The zero-order chi connectivity index (χ0) is 22.9. The molecule has 33 heavy (non-hydrogen) atoms. The largest absolute Gasteiger partial charge is 0.322 e. The van der Waals surface area contributed by atoms with E-state index in [1.165, 1.54) is 22.4 Å². The van der Waals surface area contributed by atoms with Gasteiger partial charge in [0.15, 0.2) is 0 Å². The SMILES string of the molecule is CCCn1c(Nc2c(C)nn(CCc3ccccc3)c2C)nc2sc3c(c2c1=O)CCCC3. The number of benzene rings is 1. The molecule has 0 amide bonds. The van der Waals surface area contributed by atoms with Crippen molar-refractivity contribution in [3.8, 4) is 0 Å². The van der Waals surface area contributed by atoms with E-state index in [4.69, 9.17) is 10.1 Å². The molecule has 0 fully saturated rings. The van der Waals surface area contributed by atoms with Gasteiger partial charge in [-0.2, -0.15) is 5.10 Å². The molecule has 0 saturated heterocycles. The van der Waals surface area contributed by atoms with Crippen LogP contribution in [0.2, 0.25) is 0 Å². The Bertz CT molecular complexity index is 1350. The lowest BCUT2D eigenvalue weighted by atomic mass is 9.97. The first-order valence-electron chi connectivity index (χ1n) is 12.0. The fourth-order valence-corrected chi connectivity index (χ4v) is 6.10. The van der Waals surface area contributed by atoms with Crippen molar-refractivity contribution in [2.75, 3.05) is 5.32 Å². The minimum Gasteiger partial charge on any atom is -0.322 e. The Kier molecular flexibility index (Phi) is 6.06. The van der Waals surface area contributed by atoms with E-state index in [1.807, 2.05) is 17.6 Å². The van der Waals surface area contributed by atoms with E-state index in [-0.39, 0.29) is 5.56 Å². The highest BCUT2D eigenvalue weighted by Crippen LogP contribution is 2.35. The zero-order valence-electron chi connectivity index (χ0n) is 19.6. The molecule has 3 aromatic heterocycles. The van der Waals surface area contributed by atoms with Crippen LogP contribution in [0.3, 0.4) is 0 Å². The van der Waals surface area contributed by atoms with Crippen molar-refractivity contribution in [3.05, 3.63) is 68.1 Å². The lowest BCUT2D eigenvalue weighted by molar-refractivity contribution is 0.594. The highest BCUT2D eigenvalue weighted by molar-refractivity contribution is 7.18. The second kappa shape index (κ2) is 9.14. The second-order valence-electron chi connectivity index (χ2n) is 8.91. The Morgan fingerprint density at radius 1 is 1.09 bits per heavy atom. The number of rotatable bonds is 7. The predicted octanol–water partition coefficient (Wildman–Crippen LogP) is 5.55. The van der Waals surface area contributed by atoms with Gasteiger partial charge in [-0.05, 0) is 63.5 Å². The Morgan fingerprint density at radius 3 is 2.67 bits per heavy atom. The fraction of sp³-hybridized carbons (Fsp3) is 0.423. The molecule has 6 nitrogen and oxygen atoms in total. The standard InChI is InChI=1S/C26H31N5OS/c1-4-15-30-25(32)22-20-12-8-9-13-21(20)33-24(22)28-26(30)27-23-17(2)29-31(18(23)3)16-14-19-10-6-5-7-11-19/h5-7,10-11H,4,8-9,12-16H2,1-3H3,(H,27,28). The van der Waals surface area contributed by atoms with Crippen LogP contribution in [0.4, 0.5) is 11.6 Å². The first-order valence-corrected chi connectivity index (χ1v) is 12.8. The molecule has 7 heteroatoms. The molecule has 0 aliphatic heterocycles. The molecule has 4 aromatic rings. The van der Waals surface area contributed by atoms with Gasteiger partial charge in [0.25, 0.3) is 5.56 Å². The van der Waals surface area contributed by atoms with Crippen molar-refractivity contribution >= 4 is 33.2 Å². The molecule has 1 aliphatic carbocycles. The van der Waals surface area contributed by atoms with E-state index < -0.39 is 0 Å². The molecule has 0 atom stereocenters. The molecule has 0 unspecified atom stereocenters. The zero-order valence-corrected chi connectivity index (χ0v) is 20.5. The summed E-state index contributed by atoms with van der Waals surface area (Å²) in [7, 11) is 0. The molecule has 1 N–H and O–H groups in total. The molecular weight excluding hydrogens is 430 g/mol. The third-order valence-corrected chi connectivity index (χ3v) is 7.78. The van der Waals surface area contributed by atoms with E-state index >= 15 is 0 Å². The minimum atomic E-state index is 0.0931. The van der Waals surface area contributed by atoms with Crippen molar-refractivity contribution in [2.24, 2.45) is 0 Å². The fourth-order valence-electron chi connectivity index (χ4n) is 4.85. The van der Waals surface area contributed by atoms with Crippen LogP contribution in [0, 0.1) is 13.8 Å². The summed E-state index contributed by atoms with van der Waals surface area (Å²) < 4.78 is 3.87. The van der Waals surface area contributed by atoms with Crippen LogP contribution in [0.25, 0.3) is 10.2 Å². The number of anilines is 2. The number of hydrogen-bond donors (Lipinski definition) is 1. The number of aromatic nitrogens is 4. The molecule has 1 aliphatic rings. The van der Waals surface area contributed by atoms with Crippen LogP contribution in [0.15, 0.2) is 35.1 Å². The molecule has 3 heterocycles. The maximum atomic E-state index is 13.6. The van der Waals surface area contributed by atoms with Crippen LogP contribution in [0.5, 0.6) is 0 Å². The maximum Gasteiger partial charge on any atom is 0.263 e. The van der Waals surface area contributed by atoms with Crippen LogP contribution < -0.4 is 10.9 Å². The molecule has 0 saturated carbocycles. The second-order valence-corrected chi connectivity index (χ2v) is 10.00. The first-order chi connectivity index (χ1) is 16.1. The Hall–Kier alpha value is -2.93. The van der Waals surface area contributed by atoms with E-state index in [1.54, 1.807) is 11.3 Å². The van der Waals surface area contributed by atoms with Crippen molar-refractivity contribution in [1.29, 1.82) is 0 Å². The molecule has 0 spiro atoms. The summed E-state index contributed by atoms with van der Waals surface area (Å²) in [5, 5.41) is 9.13. The van der Waals surface area contributed by atoms with Gasteiger partial charge >= 0.3 is 0 Å². The van der Waals surface area contributed by atoms with Gasteiger partial charge in [0.05, 0.1) is 22.5 Å². The summed E-state index contributed by atoms with van der Waals surface area (Å²) in [6.07, 6.45) is 6.23. The van der Waals surface area contributed by atoms with E-state index in [2.05, 4.69) is 48.1 Å². The smallest absolute Gasteiger partial charge is 0.263 e. The van der Waals surface area contributed by atoms with Crippen molar-refractivity contribution < 1.29 is 0 Å². The van der Waals surface area contributed by atoms with Crippen LogP contribution in [-0.4, -0.2) is 19.3 Å². The van der Waals surface area contributed by atoms with Gasteiger partial charge in [-0.1, -0.05) is 37.3 Å². The summed E-state index contributed by atoms with van der Waals surface area (Å²) >= 11 is 1.70. The van der Waals surface area contributed by atoms with Crippen LogP contribution in [0.1, 0.15) is 53.6 Å². The van der Waals surface area contributed by atoms with Crippen LogP contribution in [-0.2, 0) is 32.4 Å². The van der Waals surface area contributed by atoms with Gasteiger partial charge in [0.1, 0.15) is 4.83 Å². The van der Waals surface area contributed by atoms with Gasteiger partial charge in [0.2, 0.25) is 5.95 Å². The lowest BCUT2D eigenvalue weighted by Crippen LogP contribution is -2.24. The average molecular weight is 462 g/mol. The minimum absolute atomic E-state index is 0.0931. The third-order valence-electron chi connectivity index (χ3n) is 6.60. The third kappa shape index (κ3) is 4.10. The normalized spacial score (nSPS) is 13.4. The molecular formula is C26H31N5OS. The monoisotopic (exact) mass is 461 g/mol. The van der Waals surface area contributed by atoms with E-state index in [9.17, 15) is 4.79 Å². The van der Waals surface area contributed by atoms with Crippen molar-refractivity contribution in [2.45, 2.75) is 72.4 Å². The number of nitrogens with zero attached hydrogens (tertiary/aromatic N) is 4. The Labute approximate surface area is 198 Å². The molecule has 0 radical (unpaired) electrons. The van der Waals surface area contributed by atoms with Crippen molar-refractivity contribution in [3.63, 3.8) is 0 Å². The lowest BCUT2D eigenvalue weighted by Gasteiger charge is -2.15. The summed E-state index contributed by atoms with van der Waals surface area (Å²) in [6.45, 7) is 7.65. The topological polar surface area (TPSA) is 64.7 Å². The maximum absolute atomic E-state index is 13.6. The quantitative estimate of drug-likeness (QED) is 0.392. The molecule has 0 bridgehead atoms. The summed E-state index contributed by atoms with van der Waals surface area (Å²) in [5.41, 5.74) is 5.56. The van der Waals surface area contributed by atoms with E-state index in [0.717, 1.165) is 65.9 Å². The molecule has 5 rings (SSSR count). The average Bonchev–Trinajstić information content (AvgIpc) is 3.33. The highest BCUT2D eigenvalue weighted by Gasteiger charge is 2.23. The van der Waals surface area contributed by atoms with Crippen molar-refractivity contribution in [1.82, 2.24) is 19.3 Å². The summed E-state index contributed by atoms with van der Waals surface area (Å²) in [4.78, 5) is 20.8. The first kappa shape index (κ1) is 21.9.